The van der Waals surface area contributed by atoms with Gasteiger partial charge in [0.15, 0.2) is 18.2 Å². The fourth-order valence-electron chi connectivity index (χ4n) is 4.12. The second-order valence-corrected chi connectivity index (χ2v) is 7.62. The van der Waals surface area contributed by atoms with Crippen molar-refractivity contribution in [3.05, 3.63) is 35.9 Å². The van der Waals surface area contributed by atoms with Gasteiger partial charge < -0.3 is 24.2 Å². The normalized spacial score (nSPS) is 23.7. The maximum Gasteiger partial charge on any atom is 0.328 e. The predicted octanol–water partition coefficient (Wildman–Crippen LogP) is 0.342. The van der Waals surface area contributed by atoms with Crippen LogP contribution in [0.5, 0.6) is 0 Å². The van der Waals surface area contributed by atoms with E-state index in [2.05, 4.69) is 4.90 Å². The van der Waals surface area contributed by atoms with Crippen LogP contribution in [0.25, 0.3) is 0 Å². The van der Waals surface area contributed by atoms with Gasteiger partial charge in [0.1, 0.15) is 6.54 Å². The number of esters is 1. The average Bonchev–Trinajstić information content (AvgIpc) is 3.16. The third kappa shape index (κ3) is 4.07. The minimum absolute atomic E-state index is 0.182. The molecule has 1 aromatic carbocycles. The molecule has 2 saturated heterocycles. The molecule has 4 rings (SSSR count). The Kier molecular flexibility index (Phi) is 6.08. The molecule has 0 N–H and O–H groups in total. The summed E-state index contributed by atoms with van der Waals surface area (Å²) in [5.74, 6) is -0.379. The van der Waals surface area contributed by atoms with Crippen LogP contribution in [-0.2, 0) is 25.6 Å². The van der Waals surface area contributed by atoms with E-state index in [4.69, 9.17) is 14.5 Å². The number of hydrogen-bond donors (Lipinski definition) is 0. The van der Waals surface area contributed by atoms with Crippen LogP contribution in [0, 0.1) is 0 Å². The van der Waals surface area contributed by atoms with Crippen molar-refractivity contribution in [2.75, 3.05) is 46.5 Å². The number of guanidine groups is 1. The molecule has 2 fully saturated rings. The summed E-state index contributed by atoms with van der Waals surface area (Å²) in [4.78, 5) is 49.6. The molecule has 31 heavy (non-hydrogen) atoms. The standard InChI is InChI=1S/C21H27N5O5/c1-3-31-16(27)14-26-19(28)17-18(23(2)21(26)29)22-20(24-9-11-30-12-10-24)25(17)13-15-7-5-4-6-8-15/h4-8,17-18H,3,9-14H2,1-2H3. The average molecular weight is 429 g/mol. The van der Waals surface area contributed by atoms with E-state index in [0.717, 1.165) is 10.5 Å². The highest BCUT2D eigenvalue weighted by atomic mass is 16.5. The number of benzene rings is 1. The summed E-state index contributed by atoms with van der Waals surface area (Å²) in [6.45, 7) is 4.37. The monoisotopic (exact) mass is 429 g/mol. The molecule has 3 heterocycles. The number of nitrogens with zero attached hydrogens (tertiary/aromatic N) is 5. The molecule has 0 spiro atoms. The second-order valence-electron chi connectivity index (χ2n) is 7.62. The molecule has 10 heteroatoms. The number of urea groups is 1. The highest BCUT2D eigenvalue weighted by molar-refractivity contribution is 6.05. The molecule has 0 aliphatic carbocycles. The Balaban J connectivity index is 1.66. The van der Waals surface area contributed by atoms with Gasteiger partial charge in [0.2, 0.25) is 0 Å². The van der Waals surface area contributed by atoms with Gasteiger partial charge in [-0.3, -0.25) is 14.5 Å². The van der Waals surface area contributed by atoms with Crippen LogP contribution in [0.2, 0.25) is 0 Å². The van der Waals surface area contributed by atoms with Gasteiger partial charge in [0.05, 0.1) is 19.8 Å². The van der Waals surface area contributed by atoms with Gasteiger partial charge in [0.25, 0.3) is 5.91 Å². The third-order valence-corrected chi connectivity index (χ3v) is 5.65. The Morgan fingerprint density at radius 2 is 1.90 bits per heavy atom. The van der Waals surface area contributed by atoms with E-state index in [9.17, 15) is 14.4 Å². The summed E-state index contributed by atoms with van der Waals surface area (Å²) in [6, 6.07) is 8.54. The maximum absolute atomic E-state index is 13.4. The number of hydrogen-bond acceptors (Lipinski definition) is 8. The van der Waals surface area contributed by atoms with Gasteiger partial charge in [-0.15, -0.1) is 0 Å². The number of morpholine rings is 1. The lowest BCUT2D eigenvalue weighted by molar-refractivity contribution is -0.150. The zero-order valence-corrected chi connectivity index (χ0v) is 17.8. The summed E-state index contributed by atoms with van der Waals surface area (Å²) in [6.07, 6.45) is -0.653. The van der Waals surface area contributed by atoms with Crippen molar-refractivity contribution in [1.29, 1.82) is 0 Å². The number of aliphatic imine (C=N–C) groups is 1. The quantitative estimate of drug-likeness (QED) is 0.623. The molecule has 3 amide bonds. The van der Waals surface area contributed by atoms with Crippen molar-refractivity contribution in [3.63, 3.8) is 0 Å². The molecular weight excluding hydrogens is 402 g/mol. The lowest BCUT2D eigenvalue weighted by Gasteiger charge is -2.42. The van der Waals surface area contributed by atoms with Crippen molar-refractivity contribution in [2.24, 2.45) is 4.99 Å². The first-order valence-electron chi connectivity index (χ1n) is 10.5. The van der Waals surface area contributed by atoms with E-state index in [1.54, 1.807) is 14.0 Å². The Hall–Kier alpha value is -3.14. The van der Waals surface area contributed by atoms with E-state index < -0.39 is 36.7 Å². The van der Waals surface area contributed by atoms with E-state index in [1.807, 2.05) is 35.2 Å². The Labute approximate surface area is 181 Å². The number of fused-ring (bicyclic) bond motifs is 1. The van der Waals surface area contributed by atoms with E-state index >= 15 is 0 Å². The van der Waals surface area contributed by atoms with Crippen molar-refractivity contribution < 1.29 is 23.9 Å². The largest absolute Gasteiger partial charge is 0.465 e. The number of imide groups is 1. The van der Waals surface area contributed by atoms with Gasteiger partial charge in [-0.25, -0.2) is 9.79 Å². The number of rotatable bonds is 5. The Morgan fingerprint density at radius 1 is 1.19 bits per heavy atom. The molecular formula is C21H27N5O5. The van der Waals surface area contributed by atoms with Crippen LogP contribution in [0.3, 0.4) is 0 Å². The summed E-state index contributed by atoms with van der Waals surface area (Å²) in [7, 11) is 1.61. The second kappa shape index (κ2) is 8.93. The predicted molar refractivity (Wildman–Crippen MR) is 111 cm³/mol. The van der Waals surface area contributed by atoms with Crippen molar-refractivity contribution >= 4 is 23.9 Å². The van der Waals surface area contributed by atoms with Gasteiger partial charge in [-0.1, -0.05) is 30.3 Å². The molecule has 0 aromatic heterocycles. The molecule has 10 nitrogen and oxygen atoms in total. The van der Waals surface area contributed by atoms with E-state index in [0.29, 0.717) is 38.8 Å². The number of amides is 3. The zero-order valence-electron chi connectivity index (χ0n) is 17.8. The Morgan fingerprint density at radius 3 is 2.58 bits per heavy atom. The number of carbonyl (C=O) groups excluding carboxylic acids is 3. The smallest absolute Gasteiger partial charge is 0.328 e. The molecule has 0 radical (unpaired) electrons. The SMILES string of the molecule is CCOC(=O)CN1C(=O)C2C(N=C(N3CCOCC3)N2Cc2ccccc2)N(C)C1=O. The van der Waals surface area contributed by atoms with Crippen molar-refractivity contribution in [1.82, 2.24) is 19.6 Å². The molecule has 3 aliphatic heterocycles. The van der Waals surface area contributed by atoms with Gasteiger partial charge in [-0.05, 0) is 12.5 Å². The number of ether oxygens (including phenoxy) is 2. The van der Waals surface area contributed by atoms with Crippen LogP contribution < -0.4 is 0 Å². The third-order valence-electron chi connectivity index (χ3n) is 5.65. The minimum Gasteiger partial charge on any atom is -0.465 e. The zero-order chi connectivity index (χ0) is 22.0. The fourth-order valence-corrected chi connectivity index (χ4v) is 4.12. The molecule has 2 atom stereocenters. The minimum atomic E-state index is -0.713. The fraction of sp³-hybridized carbons (Fsp3) is 0.524. The van der Waals surface area contributed by atoms with Crippen LogP contribution in [0.15, 0.2) is 35.3 Å². The van der Waals surface area contributed by atoms with Crippen LogP contribution in [0.4, 0.5) is 4.79 Å². The molecule has 0 saturated carbocycles. The summed E-state index contributed by atoms with van der Waals surface area (Å²) in [5, 5.41) is 0. The van der Waals surface area contributed by atoms with Crippen LogP contribution in [-0.4, -0.2) is 102 Å². The molecule has 2 unspecified atom stereocenters. The van der Waals surface area contributed by atoms with Crippen LogP contribution in [0.1, 0.15) is 12.5 Å². The lowest BCUT2D eigenvalue weighted by atomic mass is 10.1. The Bertz CT molecular complexity index is 870. The highest BCUT2D eigenvalue weighted by Gasteiger charge is 2.53. The first-order valence-corrected chi connectivity index (χ1v) is 10.5. The number of likely N-dealkylation sites (N-methyl/N-ethyl adjacent to an activating group) is 1. The summed E-state index contributed by atoms with van der Waals surface area (Å²) >= 11 is 0. The molecule has 1 aromatic rings. The van der Waals surface area contributed by atoms with Crippen molar-refractivity contribution in [2.45, 2.75) is 25.7 Å². The first kappa shape index (κ1) is 21.1. The highest BCUT2D eigenvalue weighted by Crippen LogP contribution is 2.30. The topological polar surface area (TPSA) is 95.0 Å². The lowest BCUT2D eigenvalue weighted by Crippen LogP contribution is -2.66. The van der Waals surface area contributed by atoms with Gasteiger partial charge in [0, 0.05) is 26.7 Å². The van der Waals surface area contributed by atoms with Gasteiger partial charge >= 0.3 is 12.0 Å². The molecule has 3 aliphatic rings. The van der Waals surface area contributed by atoms with Crippen molar-refractivity contribution in [3.8, 4) is 0 Å². The summed E-state index contributed by atoms with van der Waals surface area (Å²) < 4.78 is 10.4. The number of carbonyl (C=O) groups is 3. The first-order chi connectivity index (χ1) is 15.0. The molecule has 166 valence electrons. The van der Waals surface area contributed by atoms with E-state index in [1.165, 1.54) is 4.90 Å². The summed E-state index contributed by atoms with van der Waals surface area (Å²) in [5.41, 5.74) is 1.02. The van der Waals surface area contributed by atoms with E-state index in [-0.39, 0.29) is 6.61 Å². The molecule has 0 bridgehead atoms. The van der Waals surface area contributed by atoms with Crippen LogP contribution >= 0.6 is 0 Å². The van der Waals surface area contributed by atoms with Gasteiger partial charge in [-0.2, -0.15) is 0 Å². The maximum atomic E-state index is 13.4.